The molecule has 3 aromatic rings. The summed E-state index contributed by atoms with van der Waals surface area (Å²) in [6.45, 7) is 3.77. The van der Waals surface area contributed by atoms with Crippen molar-refractivity contribution in [2.45, 2.75) is 13.0 Å². The van der Waals surface area contributed by atoms with Crippen molar-refractivity contribution in [3.8, 4) is 0 Å². The number of aryl methyl sites for hydroxylation is 1. The first-order chi connectivity index (χ1) is 16.0. The lowest BCUT2D eigenvalue weighted by Crippen LogP contribution is -2.49. The minimum atomic E-state index is -0.144. The smallest absolute Gasteiger partial charge is 0.255 e. The van der Waals surface area contributed by atoms with Crippen LogP contribution in [0.25, 0.3) is 0 Å². The van der Waals surface area contributed by atoms with Gasteiger partial charge in [0, 0.05) is 62.9 Å². The maximum absolute atomic E-state index is 12.8. The molecule has 1 N–H and O–H groups in total. The van der Waals surface area contributed by atoms with E-state index in [4.69, 9.17) is 23.2 Å². The van der Waals surface area contributed by atoms with E-state index >= 15 is 0 Å². The number of anilines is 1. The monoisotopic (exact) mass is 486 g/mol. The molecule has 8 nitrogen and oxygen atoms in total. The number of nitrogens with zero attached hydrogens (tertiary/aromatic N) is 5. The van der Waals surface area contributed by atoms with Crippen LogP contribution in [0.5, 0.6) is 0 Å². The summed E-state index contributed by atoms with van der Waals surface area (Å²) < 4.78 is 1.97. The van der Waals surface area contributed by atoms with E-state index in [2.05, 4.69) is 20.2 Å². The van der Waals surface area contributed by atoms with E-state index in [0.717, 1.165) is 18.8 Å². The maximum atomic E-state index is 12.8. The van der Waals surface area contributed by atoms with E-state index < -0.39 is 0 Å². The van der Waals surface area contributed by atoms with Crippen molar-refractivity contribution in [2.75, 3.05) is 37.6 Å². The lowest BCUT2D eigenvalue weighted by atomic mass is 10.1. The fourth-order valence-corrected chi connectivity index (χ4v) is 4.15. The molecule has 1 aliphatic rings. The summed E-state index contributed by atoms with van der Waals surface area (Å²) in [5.74, 6) is 0.530. The van der Waals surface area contributed by atoms with Crippen LogP contribution in [-0.2, 0) is 6.54 Å². The van der Waals surface area contributed by atoms with Gasteiger partial charge < -0.3 is 19.7 Å². The van der Waals surface area contributed by atoms with Crippen molar-refractivity contribution in [1.82, 2.24) is 24.8 Å². The summed E-state index contributed by atoms with van der Waals surface area (Å²) in [7, 11) is 0. The van der Waals surface area contributed by atoms with E-state index in [1.54, 1.807) is 47.9 Å². The number of imidazole rings is 1. The highest BCUT2D eigenvalue weighted by Crippen LogP contribution is 2.23. The van der Waals surface area contributed by atoms with E-state index in [1.807, 2.05) is 16.8 Å². The Hall–Kier alpha value is -3.10. The predicted molar refractivity (Wildman–Crippen MR) is 128 cm³/mol. The van der Waals surface area contributed by atoms with Crippen molar-refractivity contribution < 1.29 is 9.59 Å². The lowest BCUT2D eigenvalue weighted by Gasteiger charge is -2.35. The molecule has 1 fully saturated rings. The molecule has 0 saturated carbocycles. The fourth-order valence-electron chi connectivity index (χ4n) is 3.66. The molecular weight excluding hydrogens is 463 g/mol. The Balaban J connectivity index is 1.25. The van der Waals surface area contributed by atoms with Crippen molar-refractivity contribution >= 4 is 40.8 Å². The average Bonchev–Trinajstić information content (AvgIpc) is 3.35. The average molecular weight is 487 g/mol. The Morgan fingerprint density at radius 2 is 1.88 bits per heavy atom. The summed E-state index contributed by atoms with van der Waals surface area (Å²) in [5.41, 5.74) is 0.973. The third-order valence-corrected chi connectivity index (χ3v) is 6.05. The minimum Gasteiger partial charge on any atom is -0.353 e. The number of rotatable bonds is 7. The Bertz CT molecular complexity index is 1100. The molecule has 0 bridgehead atoms. The number of halogens is 2. The van der Waals surface area contributed by atoms with E-state index in [9.17, 15) is 9.59 Å². The number of hydrogen-bond acceptors (Lipinski definition) is 5. The standard InChI is InChI=1S/C23H24Cl2N6O2/c24-18-3-4-19(20(25)14-18)23(33)31-12-10-30(11-13-31)21-5-2-17(15-28-21)22(32)27-6-1-8-29-9-7-26-16-29/h2-5,7,9,14-16H,1,6,8,10-13H2,(H,27,32). The second-order valence-corrected chi connectivity index (χ2v) is 8.56. The van der Waals surface area contributed by atoms with E-state index in [-0.39, 0.29) is 11.8 Å². The number of carbonyl (C=O) groups is 2. The molecule has 33 heavy (non-hydrogen) atoms. The van der Waals surface area contributed by atoms with Crippen LogP contribution in [0.3, 0.4) is 0 Å². The predicted octanol–water partition coefficient (Wildman–Crippen LogP) is 3.37. The number of benzene rings is 1. The number of piperazine rings is 1. The zero-order valence-corrected chi connectivity index (χ0v) is 19.5. The quantitative estimate of drug-likeness (QED) is 0.517. The van der Waals surface area contributed by atoms with Crippen molar-refractivity contribution in [3.63, 3.8) is 0 Å². The molecule has 1 aliphatic heterocycles. The van der Waals surface area contributed by atoms with Crippen LogP contribution >= 0.6 is 23.2 Å². The summed E-state index contributed by atoms with van der Waals surface area (Å²) in [4.78, 5) is 37.5. The minimum absolute atomic E-state index is 0.107. The second-order valence-electron chi connectivity index (χ2n) is 7.72. The summed E-state index contributed by atoms with van der Waals surface area (Å²) in [5, 5.41) is 3.77. The number of aromatic nitrogens is 3. The van der Waals surface area contributed by atoms with Gasteiger partial charge in [-0.1, -0.05) is 23.2 Å². The highest BCUT2D eigenvalue weighted by molar-refractivity contribution is 6.36. The Kier molecular flexibility index (Phi) is 7.47. The molecule has 0 radical (unpaired) electrons. The van der Waals surface area contributed by atoms with Crippen LogP contribution in [0.4, 0.5) is 5.82 Å². The van der Waals surface area contributed by atoms with Gasteiger partial charge in [-0.2, -0.15) is 0 Å². The Morgan fingerprint density at radius 3 is 2.55 bits per heavy atom. The van der Waals surface area contributed by atoms with Crippen molar-refractivity contribution in [2.24, 2.45) is 0 Å². The van der Waals surface area contributed by atoms with Crippen molar-refractivity contribution in [3.05, 3.63) is 76.4 Å². The molecule has 4 rings (SSSR count). The molecule has 2 amide bonds. The fraction of sp³-hybridized carbons (Fsp3) is 0.304. The highest BCUT2D eigenvalue weighted by Gasteiger charge is 2.24. The summed E-state index contributed by atoms with van der Waals surface area (Å²) in [6, 6.07) is 8.52. The third kappa shape index (κ3) is 5.83. The van der Waals surface area contributed by atoms with Gasteiger partial charge in [-0.25, -0.2) is 9.97 Å². The summed E-state index contributed by atoms with van der Waals surface area (Å²) >= 11 is 12.1. The molecule has 0 atom stereocenters. The maximum Gasteiger partial charge on any atom is 0.255 e. The first kappa shape index (κ1) is 23.1. The van der Waals surface area contributed by atoms with E-state index in [1.165, 1.54) is 0 Å². The van der Waals surface area contributed by atoms with Gasteiger partial charge in [0.25, 0.3) is 11.8 Å². The molecule has 1 saturated heterocycles. The largest absolute Gasteiger partial charge is 0.353 e. The van der Waals surface area contributed by atoms with E-state index in [0.29, 0.717) is 53.9 Å². The van der Waals surface area contributed by atoms with Gasteiger partial charge in [0.05, 0.1) is 22.5 Å². The van der Waals surface area contributed by atoms with Crippen LogP contribution in [0.1, 0.15) is 27.1 Å². The molecule has 0 spiro atoms. The molecule has 0 aliphatic carbocycles. The molecule has 172 valence electrons. The number of pyridine rings is 1. The van der Waals surface area contributed by atoms with Crippen LogP contribution in [0.15, 0.2) is 55.2 Å². The van der Waals surface area contributed by atoms with Crippen molar-refractivity contribution in [1.29, 1.82) is 0 Å². The van der Waals surface area contributed by atoms with Gasteiger partial charge in [0.2, 0.25) is 0 Å². The van der Waals surface area contributed by atoms with Gasteiger partial charge in [0.15, 0.2) is 0 Å². The van der Waals surface area contributed by atoms with Gasteiger partial charge in [-0.15, -0.1) is 0 Å². The molecule has 2 aromatic heterocycles. The Labute approximate surface area is 202 Å². The SMILES string of the molecule is O=C(NCCCn1ccnc1)c1ccc(N2CCN(C(=O)c3ccc(Cl)cc3Cl)CC2)nc1. The van der Waals surface area contributed by atoms with Crippen LogP contribution in [-0.4, -0.2) is 64.0 Å². The van der Waals surface area contributed by atoms with Gasteiger partial charge in [0.1, 0.15) is 5.82 Å². The first-order valence-electron chi connectivity index (χ1n) is 10.7. The molecule has 1 aromatic carbocycles. The molecule has 0 unspecified atom stereocenters. The zero-order valence-electron chi connectivity index (χ0n) is 18.0. The number of amides is 2. The summed E-state index contributed by atoms with van der Waals surface area (Å²) in [6.07, 6.45) is 7.79. The van der Waals surface area contributed by atoms with Gasteiger partial charge in [-0.3, -0.25) is 9.59 Å². The third-order valence-electron chi connectivity index (χ3n) is 5.50. The molecule has 10 heteroatoms. The normalized spacial score (nSPS) is 13.8. The first-order valence-corrected chi connectivity index (χ1v) is 11.5. The number of hydrogen-bond donors (Lipinski definition) is 1. The number of nitrogens with one attached hydrogen (secondary N) is 1. The van der Waals surface area contributed by atoms with Crippen LogP contribution < -0.4 is 10.2 Å². The molecule has 3 heterocycles. The number of carbonyl (C=O) groups excluding carboxylic acids is 2. The second kappa shape index (κ2) is 10.7. The topological polar surface area (TPSA) is 83.4 Å². The van der Waals surface area contributed by atoms with Gasteiger partial charge in [-0.05, 0) is 36.8 Å². The van der Waals surface area contributed by atoms with Gasteiger partial charge >= 0.3 is 0 Å². The molecular formula is C23H24Cl2N6O2. The van der Waals surface area contributed by atoms with Crippen LogP contribution in [0.2, 0.25) is 10.0 Å². The lowest BCUT2D eigenvalue weighted by molar-refractivity contribution is 0.0746. The Morgan fingerprint density at radius 1 is 1.06 bits per heavy atom. The van der Waals surface area contributed by atoms with Crippen LogP contribution in [0, 0.1) is 0 Å². The zero-order chi connectivity index (χ0) is 23.2. The highest BCUT2D eigenvalue weighted by atomic mass is 35.5.